The lowest BCUT2D eigenvalue weighted by atomic mass is 10.2. The van der Waals surface area contributed by atoms with E-state index in [0.29, 0.717) is 0 Å². The summed E-state index contributed by atoms with van der Waals surface area (Å²) < 4.78 is 110. The van der Waals surface area contributed by atoms with Gasteiger partial charge in [0.15, 0.2) is 0 Å². The Labute approximate surface area is 78.6 Å². The SMILES string of the molecule is O=S(=O)(O)C(C(F)(F)F)C(F)(F)C(F)F. The molecule has 0 radical (unpaired) electrons. The molecular formula is C4H3F7O3S. The van der Waals surface area contributed by atoms with Gasteiger partial charge in [-0.2, -0.15) is 30.4 Å². The first-order chi connectivity index (χ1) is 6.31. The minimum Gasteiger partial charge on any atom is -0.285 e. The number of rotatable bonds is 3. The Kier molecular flexibility index (Phi) is 3.63. The zero-order valence-corrected chi connectivity index (χ0v) is 7.29. The Morgan fingerprint density at radius 3 is 1.40 bits per heavy atom. The second-order valence-electron chi connectivity index (χ2n) is 2.41. The first kappa shape index (κ1) is 14.4. The fourth-order valence-electron chi connectivity index (χ4n) is 0.700. The molecule has 3 nitrogen and oxygen atoms in total. The fourth-order valence-corrected chi connectivity index (χ4v) is 1.54. The Hall–Kier alpha value is -0.580. The van der Waals surface area contributed by atoms with Crippen molar-refractivity contribution in [3.05, 3.63) is 0 Å². The third kappa shape index (κ3) is 3.19. The van der Waals surface area contributed by atoms with E-state index >= 15 is 0 Å². The summed E-state index contributed by atoms with van der Waals surface area (Å²) in [6.07, 6.45) is -11.1. The molecule has 0 aliphatic carbocycles. The van der Waals surface area contributed by atoms with Crippen molar-refractivity contribution in [2.45, 2.75) is 23.8 Å². The van der Waals surface area contributed by atoms with Crippen LogP contribution in [0.1, 0.15) is 0 Å². The number of halogens is 7. The maximum absolute atomic E-state index is 12.2. The second kappa shape index (κ2) is 3.77. The van der Waals surface area contributed by atoms with Crippen LogP contribution in [0, 0.1) is 0 Å². The molecule has 1 unspecified atom stereocenters. The average Bonchev–Trinajstić information content (AvgIpc) is 1.76. The van der Waals surface area contributed by atoms with Crippen molar-refractivity contribution in [3.63, 3.8) is 0 Å². The maximum Gasteiger partial charge on any atom is 0.414 e. The van der Waals surface area contributed by atoms with Crippen LogP contribution in [0.15, 0.2) is 0 Å². The van der Waals surface area contributed by atoms with Gasteiger partial charge < -0.3 is 0 Å². The lowest BCUT2D eigenvalue weighted by Gasteiger charge is -2.25. The Balaban J connectivity index is 5.54. The minimum atomic E-state index is -6.38. The zero-order valence-electron chi connectivity index (χ0n) is 6.47. The molecule has 0 aromatic rings. The van der Waals surface area contributed by atoms with Crippen LogP contribution in [0.4, 0.5) is 30.7 Å². The van der Waals surface area contributed by atoms with E-state index in [1.165, 1.54) is 0 Å². The molecule has 0 rings (SSSR count). The monoisotopic (exact) mass is 264 g/mol. The third-order valence-corrected chi connectivity index (χ3v) is 2.41. The van der Waals surface area contributed by atoms with Gasteiger partial charge in [-0.15, -0.1) is 0 Å². The van der Waals surface area contributed by atoms with E-state index in [0.717, 1.165) is 0 Å². The van der Waals surface area contributed by atoms with E-state index in [9.17, 15) is 39.2 Å². The quantitative estimate of drug-likeness (QED) is 0.623. The van der Waals surface area contributed by atoms with E-state index < -0.39 is 33.9 Å². The molecule has 0 saturated heterocycles. The highest BCUT2D eigenvalue weighted by atomic mass is 32.2. The second-order valence-corrected chi connectivity index (χ2v) is 3.91. The normalized spacial score (nSPS) is 16.9. The molecule has 15 heavy (non-hydrogen) atoms. The van der Waals surface area contributed by atoms with Gasteiger partial charge in [-0.3, -0.25) is 4.55 Å². The van der Waals surface area contributed by atoms with Crippen LogP contribution in [-0.4, -0.2) is 36.7 Å². The summed E-state index contributed by atoms with van der Waals surface area (Å²) in [5.74, 6) is -5.91. The van der Waals surface area contributed by atoms with E-state index in [1.807, 2.05) is 0 Å². The molecule has 0 heterocycles. The van der Waals surface area contributed by atoms with Gasteiger partial charge >= 0.3 is 18.5 Å². The van der Waals surface area contributed by atoms with Crippen molar-refractivity contribution in [2.75, 3.05) is 0 Å². The zero-order chi connectivity index (χ0) is 12.7. The molecule has 0 aromatic heterocycles. The molecule has 0 bridgehead atoms. The summed E-state index contributed by atoms with van der Waals surface area (Å²) in [7, 11) is -6.38. The average molecular weight is 264 g/mol. The summed E-state index contributed by atoms with van der Waals surface area (Å²) in [6, 6.07) is 0. The summed E-state index contributed by atoms with van der Waals surface area (Å²) in [5.41, 5.74) is 0. The van der Waals surface area contributed by atoms with E-state index in [4.69, 9.17) is 4.55 Å². The standard InChI is InChI=1S/C4H3F7O3S/c5-2(6)3(7,8)1(4(9,10)11)15(12,13)14/h1-2H,(H,12,13,14). The van der Waals surface area contributed by atoms with Gasteiger partial charge in [0.05, 0.1) is 0 Å². The molecule has 11 heteroatoms. The summed E-state index contributed by atoms with van der Waals surface area (Å²) in [5, 5.41) is -4.84. The molecule has 1 N–H and O–H groups in total. The Morgan fingerprint density at radius 1 is 1.00 bits per heavy atom. The van der Waals surface area contributed by atoms with E-state index in [-0.39, 0.29) is 0 Å². The van der Waals surface area contributed by atoms with Crippen LogP contribution >= 0.6 is 0 Å². The van der Waals surface area contributed by atoms with Crippen molar-refractivity contribution >= 4 is 10.1 Å². The molecule has 0 spiro atoms. The van der Waals surface area contributed by atoms with E-state index in [1.54, 1.807) is 0 Å². The number of hydrogen-bond acceptors (Lipinski definition) is 2. The highest BCUT2D eigenvalue weighted by molar-refractivity contribution is 7.86. The lowest BCUT2D eigenvalue weighted by molar-refractivity contribution is -0.218. The number of hydrogen-bond donors (Lipinski definition) is 1. The van der Waals surface area contributed by atoms with Gasteiger partial charge in [0, 0.05) is 0 Å². The fraction of sp³-hybridized carbons (Fsp3) is 1.00. The molecule has 0 amide bonds. The lowest BCUT2D eigenvalue weighted by Crippen LogP contribution is -2.53. The van der Waals surface area contributed by atoms with Crippen molar-refractivity contribution in [1.82, 2.24) is 0 Å². The van der Waals surface area contributed by atoms with Crippen LogP contribution in [0.5, 0.6) is 0 Å². The highest BCUT2D eigenvalue weighted by Crippen LogP contribution is 2.40. The molecule has 0 aliphatic rings. The van der Waals surface area contributed by atoms with Crippen molar-refractivity contribution in [2.24, 2.45) is 0 Å². The van der Waals surface area contributed by atoms with Crippen LogP contribution < -0.4 is 0 Å². The molecule has 0 fully saturated rings. The highest BCUT2D eigenvalue weighted by Gasteiger charge is 2.67. The van der Waals surface area contributed by atoms with Gasteiger partial charge in [0.2, 0.25) is 5.25 Å². The molecule has 0 aromatic carbocycles. The van der Waals surface area contributed by atoms with Crippen LogP contribution in [0.25, 0.3) is 0 Å². The Bertz CT molecular complexity index is 318. The first-order valence-electron chi connectivity index (χ1n) is 3.00. The van der Waals surface area contributed by atoms with Crippen molar-refractivity contribution in [3.8, 4) is 0 Å². The molecule has 0 aliphatic heterocycles. The summed E-state index contributed by atoms with van der Waals surface area (Å²) >= 11 is 0. The number of alkyl halides is 7. The van der Waals surface area contributed by atoms with Gasteiger partial charge in [-0.1, -0.05) is 0 Å². The minimum absolute atomic E-state index is 4.84. The maximum atomic E-state index is 12.2. The van der Waals surface area contributed by atoms with Gasteiger partial charge in [-0.05, 0) is 0 Å². The predicted octanol–water partition coefficient (Wildman–Crippen LogP) is 1.71. The summed E-state index contributed by atoms with van der Waals surface area (Å²) in [4.78, 5) is 0. The molecule has 92 valence electrons. The summed E-state index contributed by atoms with van der Waals surface area (Å²) in [6.45, 7) is 0. The molecular weight excluding hydrogens is 261 g/mol. The van der Waals surface area contributed by atoms with Crippen molar-refractivity contribution in [1.29, 1.82) is 0 Å². The van der Waals surface area contributed by atoms with Crippen molar-refractivity contribution < 1.29 is 43.7 Å². The van der Waals surface area contributed by atoms with Gasteiger partial charge in [-0.25, -0.2) is 8.78 Å². The van der Waals surface area contributed by atoms with Crippen LogP contribution in [0.3, 0.4) is 0 Å². The third-order valence-electron chi connectivity index (χ3n) is 1.24. The smallest absolute Gasteiger partial charge is 0.285 e. The largest absolute Gasteiger partial charge is 0.414 e. The van der Waals surface area contributed by atoms with Crippen LogP contribution in [-0.2, 0) is 10.1 Å². The van der Waals surface area contributed by atoms with Gasteiger partial charge in [0.1, 0.15) is 0 Å². The topological polar surface area (TPSA) is 54.4 Å². The Morgan fingerprint density at radius 2 is 1.33 bits per heavy atom. The van der Waals surface area contributed by atoms with Crippen LogP contribution in [0.2, 0.25) is 0 Å². The predicted molar refractivity (Wildman–Crippen MR) is 32.3 cm³/mol. The first-order valence-corrected chi connectivity index (χ1v) is 4.50. The molecule has 1 atom stereocenters. The molecule has 0 saturated carbocycles. The van der Waals surface area contributed by atoms with E-state index in [2.05, 4.69) is 0 Å². The van der Waals surface area contributed by atoms with Gasteiger partial charge in [0.25, 0.3) is 10.1 Å².